The van der Waals surface area contributed by atoms with Crippen LogP contribution >= 0.6 is 0 Å². The number of rotatable bonds is 1. The molecule has 1 aromatic rings. The van der Waals surface area contributed by atoms with E-state index in [1.807, 2.05) is 0 Å². The fourth-order valence-electron chi connectivity index (χ4n) is 3.75. The van der Waals surface area contributed by atoms with Crippen LogP contribution < -0.4 is 0 Å². The van der Waals surface area contributed by atoms with E-state index in [4.69, 9.17) is 4.74 Å². The molecule has 16 heavy (non-hydrogen) atoms. The van der Waals surface area contributed by atoms with Gasteiger partial charge in [-0.3, -0.25) is 0 Å². The smallest absolute Gasteiger partial charge is 0.116 e. The first-order valence-electron chi connectivity index (χ1n) is 6.37. The van der Waals surface area contributed by atoms with Crippen LogP contribution in [0.25, 0.3) is 0 Å². The molecule has 2 unspecified atom stereocenters. The lowest BCUT2D eigenvalue weighted by Gasteiger charge is -2.31. The van der Waals surface area contributed by atoms with Gasteiger partial charge in [-0.15, -0.1) is 0 Å². The lowest BCUT2D eigenvalue weighted by molar-refractivity contribution is -0.0433. The van der Waals surface area contributed by atoms with E-state index in [2.05, 4.69) is 36.4 Å². The maximum Gasteiger partial charge on any atom is 0.116 e. The largest absolute Gasteiger partial charge is 0.354 e. The standard InChI is InChI=1S/C15H16O/c1-2-6-11(5-1)15-10-9-14(16-15)12-7-3-4-8-13(12)15/h3-4,7-11,14H,1-2,5-6H2. The zero-order valence-electron chi connectivity index (χ0n) is 9.36. The molecule has 2 bridgehead atoms. The molecule has 0 N–H and O–H groups in total. The minimum absolute atomic E-state index is 0.0578. The summed E-state index contributed by atoms with van der Waals surface area (Å²) in [6.45, 7) is 0. The van der Waals surface area contributed by atoms with Gasteiger partial charge in [0.05, 0.1) is 0 Å². The normalized spacial score (nSPS) is 35.9. The van der Waals surface area contributed by atoms with Gasteiger partial charge in [-0.1, -0.05) is 43.2 Å². The first-order chi connectivity index (χ1) is 7.90. The summed E-state index contributed by atoms with van der Waals surface area (Å²) in [7, 11) is 0. The Labute approximate surface area is 96.1 Å². The zero-order valence-corrected chi connectivity index (χ0v) is 9.36. The molecule has 1 heteroatoms. The molecule has 1 saturated carbocycles. The summed E-state index contributed by atoms with van der Waals surface area (Å²) in [5, 5.41) is 0. The highest BCUT2D eigenvalue weighted by Gasteiger charge is 2.51. The van der Waals surface area contributed by atoms with Gasteiger partial charge >= 0.3 is 0 Å². The van der Waals surface area contributed by atoms with Gasteiger partial charge in [0.25, 0.3) is 0 Å². The molecule has 2 heterocycles. The fraction of sp³-hybridized carbons (Fsp3) is 0.467. The SMILES string of the molecule is C1=CC2(C3CCCC3)OC1c1ccccc12. The fourth-order valence-corrected chi connectivity index (χ4v) is 3.75. The van der Waals surface area contributed by atoms with E-state index in [1.165, 1.54) is 36.8 Å². The molecule has 1 fully saturated rings. The van der Waals surface area contributed by atoms with Crippen molar-refractivity contribution in [2.75, 3.05) is 0 Å². The van der Waals surface area contributed by atoms with Gasteiger partial charge in [0.2, 0.25) is 0 Å². The predicted molar refractivity (Wildman–Crippen MR) is 63.0 cm³/mol. The topological polar surface area (TPSA) is 9.23 Å². The number of benzene rings is 1. The molecule has 1 nitrogen and oxygen atoms in total. The van der Waals surface area contributed by atoms with Gasteiger partial charge in [-0.05, 0) is 36.0 Å². The number of hydrogen-bond donors (Lipinski definition) is 0. The average molecular weight is 212 g/mol. The van der Waals surface area contributed by atoms with Crippen LogP contribution in [0.5, 0.6) is 0 Å². The van der Waals surface area contributed by atoms with Crippen LogP contribution in [0.1, 0.15) is 42.9 Å². The van der Waals surface area contributed by atoms with Gasteiger partial charge in [-0.25, -0.2) is 0 Å². The van der Waals surface area contributed by atoms with Crippen molar-refractivity contribution in [1.82, 2.24) is 0 Å². The summed E-state index contributed by atoms with van der Waals surface area (Å²) >= 11 is 0. The molecule has 0 aromatic heterocycles. The minimum Gasteiger partial charge on any atom is -0.354 e. The average Bonchev–Trinajstić information content (AvgIpc) is 3.05. The van der Waals surface area contributed by atoms with Gasteiger partial charge < -0.3 is 4.74 Å². The third kappa shape index (κ3) is 0.952. The Morgan fingerprint density at radius 2 is 1.94 bits per heavy atom. The van der Waals surface area contributed by atoms with Gasteiger partial charge in [0.15, 0.2) is 0 Å². The summed E-state index contributed by atoms with van der Waals surface area (Å²) in [6.07, 6.45) is 10.2. The Morgan fingerprint density at radius 3 is 2.81 bits per heavy atom. The molecule has 0 amide bonds. The summed E-state index contributed by atoms with van der Waals surface area (Å²) in [5.74, 6) is 0.706. The van der Waals surface area contributed by atoms with Crippen LogP contribution in [0.4, 0.5) is 0 Å². The maximum absolute atomic E-state index is 6.30. The molecule has 4 rings (SSSR count). The summed E-state index contributed by atoms with van der Waals surface area (Å²) < 4.78 is 6.30. The Hall–Kier alpha value is -1.08. The van der Waals surface area contributed by atoms with Crippen molar-refractivity contribution in [3.63, 3.8) is 0 Å². The lowest BCUT2D eigenvalue weighted by Crippen LogP contribution is -2.29. The molecule has 1 aliphatic carbocycles. The highest BCUT2D eigenvalue weighted by molar-refractivity contribution is 5.47. The molecule has 0 saturated heterocycles. The first kappa shape index (κ1) is 9.00. The molecular formula is C15H16O. The van der Waals surface area contributed by atoms with Crippen LogP contribution in [-0.4, -0.2) is 0 Å². The molecule has 82 valence electrons. The Morgan fingerprint density at radius 1 is 1.12 bits per heavy atom. The first-order valence-corrected chi connectivity index (χ1v) is 6.37. The second kappa shape index (κ2) is 2.98. The summed E-state index contributed by atoms with van der Waals surface area (Å²) in [5.41, 5.74) is 2.78. The predicted octanol–water partition coefficient (Wildman–Crippen LogP) is 3.71. The van der Waals surface area contributed by atoms with E-state index in [-0.39, 0.29) is 11.7 Å². The second-order valence-electron chi connectivity index (χ2n) is 5.26. The van der Waals surface area contributed by atoms with Crippen LogP contribution in [0.15, 0.2) is 36.4 Å². The summed E-state index contributed by atoms with van der Waals surface area (Å²) in [4.78, 5) is 0. The third-order valence-electron chi connectivity index (χ3n) is 4.49. The van der Waals surface area contributed by atoms with Crippen molar-refractivity contribution < 1.29 is 4.74 Å². The van der Waals surface area contributed by atoms with E-state index in [0.29, 0.717) is 5.92 Å². The van der Waals surface area contributed by atoms with Crippen molar-refractivity contribution in [2.24, 2.45) is 5.92 Å². The molecule has 2 atom stereocenters. The third-order valence-corrected chi connectivity index (χ3v) is 4.49. The van der Waals surface area contributed by atoms with E-state index < -0.39 is 0 Å². The number of hydrogen-bond acceptors (Lipinski definition) is 1. The van der Waals surface area contributed by atoms with Crippen molar-refractivity contribution >= 4 is 0 Å². The summed E-state index contributed by atoms with van der Waals surface area (Å²) in [6, 6.07) is 8.75. The molecule has 3 aliphatic rings. The number of fused-ring (bicyclic) bond motifs is 5. The molecule has 0 spiro atoms. The Kier molecular flexibility index (Phi) is 1.68. The maximum atomic E-state index is 6.30. The van der Waals surface area contributed by atoms with Gasteiger partial charge in [0, 0.05) is 0 Å². The number of ether oxygens (including phenoxy) is 1. The quantitative estimate of drug-likeness (QED) is 0.645. The van der Waals surface area contributed by atoms with Crippen LogP contribution in [0.3, 0.4) is 0 Å². The van der Waals surface area contributed by atoms with E-state index in [9.17, 15) is 0 Å². The highest BCUT2D eigenvalue weighted by atomic mass is 16.5. The van der Waals surface area contributed by atoms with Crippen molar-refractivity contribution in [3.8, 4) is 0 Å². The molecule has 2 aliphatic heterocycles. The van der Waals surface area contributed by atoms with Gasteiger partial charge in [0.1, 0.15) is 11.7 Å². The van der Waals surface area contributed by atoms with E-state index in [0.717, 1.165) is 0 Å². The zero-order chi connectivity index (χ0) is 10.6. The Bertz CT molecular complexity index is 456. The molecule has 0 radical (unpaired) electrons. The van der Waals surface area contributed by atoms with Crippen LogP contribution in [0.2, 0.25) is 0 Å². The van der Waals surface area contributed by atoms with Crippen molar-refractivity contribution in [1.29, 1.82) is 0 Å². The van der Waals surface area contributed by atoms with Crippen LogP contribution in [0, 0.1) is 5.92 Å². The molecular weight excluding hydrogens is 196 g/mol. The Balaban J connectivity index is 1.87. The van der Waals surface area contributed by atoms with Crippen molar-refractivity contribution in [2.45, 2.75) is 37.4 Å². The van der Waals surface area contributed by atoms with Gasteiger partial charge in [-0.2, -0.15) is 0 Å². The van der Waals surface area contributed by atoms with Crippen LogP contribution in [-0.2, 0) is 10.3 Å². The monoisotopic (exact) mass is 212 g/mol. The lowest BCUT2D eigenvalue weighted by atomic mass is 9.77. The van der Waals surface area contributed by atoms with E-state index >= 15 is 0 Å². The highest BCUT2D eigenvalue weighted by Crippen LogP contribution is 2.57. The van der Waals surface area contributed by atoms with Crippen molar-refractivity contribution in [3.05, 3.63) is 47.5 Å². The minimum atomic E-state index is -0.0578. The van der Waals surface area contributed by atoms with E-state index in [1.54, 1.807) is 0 Å². The molecule has 1 aromatic carbocycles. The second-order valence-corrected chi connectivity index (χ2v) is 5.26.